The summed E-state index contributed by atoms with van der Waals surface area (Å²) in [6.07, 6.45) is 1.47. The van der Waals surface area contributed by atoms with Crippen LogP contribution >= 0.6 is 23.4 Å². The standard InChI is InChI=1S/C37H29ClFN3O4S/c1-46-33-21-18-29(23-31(33)38)41-37(45)34(25-8-4-2-5-9-25)47-30-19-16-28(17-20-30)40-36(44)32(22-24-12-14-27(39)15-13-24)42-35(43)26-10-6-3-7-11-26/h2-23,34H,1H3,(H,40,44)(H,41,45)(H,42,43)/b32-22-. The molecule has 236 valence electrons. The summed E-state index contributed by atoms with van der Waals surface area (Å²) in [5.41, 5.74) is 2.67. The molecule has 0 spiro atoms. The number of benzene rings is 5. The Morgan fingerprint density at radius 3 is 2.06 bits per heavy atom. The number of halogens is 2. The molecule has 0 bridgehead atoms. The molecule has 0 aromatic heterocycles. The number of anilines is 2. The van der Waals surface area contributed by atoms with Crippen LogP contribution < -0.4 is 20.7 Å². The van der Waals surface area contributed by atoms with E-state index in [1.54, 1.807) is 72.8 Å². The van der Waals surface area contributed by atoms with Gasteiger partial charge < -0.3 is 20.7 Å². The molecule has 5 aromatic rings. The number of hydrogen-bond donors (Lipinski definition) is 3. The molecule has 0 fully saturated rings. The zero-order valence-electron chi connectivity index (χ0n) is 25.1. The third-order valence-electron chi connectivity index (χ3n) is 6.84. The maximum absolute atomic E-state index is 13.5. The van der Waals surface area contributed by atoms with Crippen LogP contribution in [0.25, 0.3) is 6.08 Å². The van der Waals surface area contributed by atoms with Crippen LogP contribution in [0.1, 0.15) is 26.7 Å². The second-order valence-corrected chi connectivity index (χ2v) is 11.7. The molecule has 0 saturated heterocycles. The number of nitrogens with one attached hydrogen (secondary N) is 3. The van der Waals surface area contributed by atoms with E-state index in [2.05, 4.69) is 16.0 Å². The summed E-state index contributed by atoms with van der Waals surface area (Å²) in [6, 6.07) is 35.4. The lowest BCUT2D eigenvalue weighted by molar-refractivity contribution is -0.116. The molecule has 5 aromatic carbocycles. The van der Waals surface area contributed by atoms with E-state index < -0.39 is 22.9 Å². The number of amides is 3. The van der Waals surface area contributed by atoms with Gasteiger partial charge in [-0.15, -0.1) is 11.8 Å². The first-order chi connectivity index (χ1) is 22.8. The molecule has 0 aliphatic heterocycles. The Bertz CT molecular complexity index is 1890. The van der Waals surface area contributed by atoms with Gasteiger partial charge in [-0.3, -0.25) is 14.4 Å². The zero-order chi connectivity index (χ0) is 33.2. The van der Waals surface area contributed by atoms with Crippen LogP contribution in [0, 0.1) is 5.82 Å². The molecule has 47 heavy (non-hydrogen) atoms. The van der Waals surface area contributed by atoms with Crippen LogP contribution in [0.5, 0.6) is 5.75 Å². The van der Waals surface area contributed by atoms with Gasteiger partial charge in [0.1, 0.15) is 22.5 Å². The van der Waals surface area contributed by atoms with Crippen molar-refractivity contribution in [3.05, 3.63) is 161 Å². The normalized spacial score (nSPS) is 11.7. The lowest BCUT2D eigenvalue weighted by Gasteiger charge is -2.18. The fourth-order valence-corrected chi connectivity index (χ4v) is 5.75. The van der Waals surface area contributed by atoms with Crippen LogP contribution in [0.15, 0.2) is 138 Å². The molecular formula is C37H29ClFN3O4S. The number of carbonyl (C=O) groups is 3. The molecule has 0 radical (unpaired) electrons. The molecule has 0 aliphatic carbocycles. The Labute approximate surface area is 280 Å². The predicted molar refractivity (Wildman–Crippen MR) is 185 cm³/mol. The number of methoxy groups -OCH3 is 1. The highest BCUT2D eigenvalue weighted by Crippen LogP contribution is 2.37. The zero-order valence-corrected chi connectivity index (χ0v) is 26.6. The van der Waals surface area contributed by atoms with Gasteiger partial charge in [-0.05, 0) is 83.9 Å². The number of hydrogen-bond acceptors (Lipinski definition) is 5. The van der Waals surface area contributed by atoms with Crippen molar-refractivity contribution in [3.63, 3.8) is 0 Å². The molecule has 1 unspecified atom stereocenters. The molecule has 7 nitrogen and oxygen atoms in total. The second kappa shape index (κ2) is 15.8. The first kappa shape index (κ1) is 33.0. The Hall–Kier alpha value is -5.38. The van der Waals surface area contributed by atoms with Gasteiger partial charge in [0.15, 0.2) is 0 Å². The van der Waals surface area contributed by atoms with E-state index in [9.17, 15) is 18.8 Å². The fraction of sp³-hybridized carbons (Fsp3) is 0.0541. The van der Waals surface area contributed by atoms with Gasteiger partial charge in [0.05, 0.1) is 12.1 Å². The smallest absolute Gasteiger partial charge is 0.272 e. The van der Waals surface area contributed by atoms with E-state index >= 15 is 0 Å². The third kappa shape index (κ3) is 9.09. The van der Waals surface area contributed by atoms with Crippen LogP contribution in [0.3, 0.4) is 0 Å². The molecule has 5 rings (SSSR count). The van der Waals surface area contributed by atoms with Crippen molar-refractivity contribution in [2.45, 2.75) is 10.1 Å². The van der Waals surface area contributed by atoms with Crippen molar-refractivity contribution >= 4 is 58.5 Å². The van der Waals surface area contributed by atoms with E-state index in [0.717, 1.165) is 10.5 Å². The second-order valence-electron chi connectivity index (χ2n) is 10.2. The summed E-state index contributed by atoms with van der Waals surface area (Å²) < 4.78 is 18.7. The summed E-state index contributed by atoms with van der Waals surface area (Å²) in [7, 11) is 1.52. The summed E-state index contributed by atoms with van der Waals surface area (Å²) in [6.45, 7) is 0. The molecule has 3 amide bonds. The van der Waals surface area contributed by atoms with Crippen LogP contribution in [-0.4, -0.2) is 24.8 Å². The van der Waals surface area contributed by atoms with Gasteiger partial charge in [-0.25, -0.2) is 4.39 Å². The quantitative estimate of drug-likeness (QED) is 0.0973. The largest absolute Gasteiger partial charge is 0.495 e. The van der Waals surface area contributed by atoms with Crippen molar-refractivity contribution in [2.24, 2.45) is 0 Å². The van der Waals surface area contributed by atoms with E-state index in [0.29, 0.717) is 33.3 Å². The Balaban J connectivity index is 1.32. The number of ether oxygens (including phenoxy) is 1. The first-order valence-corrected chi connectivity index (χ1v) is 15.7. The predicted octanol–water partition coefficient (Wildman–Crippen LogP) is 8.37. The summed E-state index contributed by atoms with van der Waals surface area (Å²) >= 11 is 7.60. The van der Waals surface area contributed by atoms with E-state index in [-0.39, 0.29) is 11.6 Å². The highest BCUT2D eigenvalue weighted by atomic mass is 35.5. The molecule has 3 N–H and O–H groups in total. The Morgan fingerprint density at radius 1 is 0.787 bits per heavy atom. The minimum absolute atomic E-state index is 0.0247. The summed E-state index contributed by atoms with van der Waals surface area (Å²) in [5, 5.41) is 8.18. The lowest BCUT2D eigenvalue weighted by Crippen LogP contribution is -2.30. The van der Waals surface area contributed by atoms with Crippen LogP contribution in [0.2, 0.25) is 5.02 Å². The summed E-state index contributed by atoms with van der Waals surface area (Å²) in [4.78, 5) is 40.6. The lowest BCUT2D eigenvalue weighted by atomic mass is 10.1. The van der Waals surface area contributed by atoms with E-state index in [4.69, 9.17) is 16.3 Å². The van der Waals surface area contributed by atoms with Crippen molar-refractivity contribution in [3.8, 4) is 5.75 Å². The van der Waals surface area contributed by atoms with Gasteiger partial charge in [-0.1, -0.05) is 72.3 Å². The first-order valence-electron chi connectivity index (χ1n) is 14.4. The average molecular weight is 666 g/mol. The maximum atomic E-state index is 13.5. The van der Waals surface area contributed by atoms with Gasteiger partial charge in [0.2, 0.25) is 5.91 Å². The number of rotatable bonds is 11. The van der Waals surface area contributed by atoms with Crippen molar-refractivity contribution < 1.29 is 23.5 Å². The molecular weight excluding hydrogens is 637 g/mol. The highest BCUT2D eigenvalue weighted by Gasteiger charge is 2.23. The van der Waals surface area contributed by atoms with Crippen molar-refractivity contribution in [1.29, 1.82) is 0 Å². The topological polar surface area (TPSA) is 96.5 Å². The van der Waals surface area contributed by atoms with Crippen LogP contribution in [-0.2, 0) is 9.59 Å². The molecule has 0 aliphatic rings. The Morgan fingerprint density at radius 2 is 1.43 bits per heavy atom. The third-order valence-corrected chi connectivity index (χ3v) is 8.40. The number of thioether (sulfide) groups is 1. The molecule has 0 heterocycles. The van der Waals surface area contributed by atoms with Crippen LogP contribution in [0.4, 0.5) is 15.8 Å². The SMILES string of the molecule is COc1ccc(NC(=O)C(Sc2ccc(NC(=O)/C(=C/c3ccc(F)cc3)NC(=O)c3ccccc3)cc2)c2ccccc2)cc1Cl. The van der Waals surface area contributed by atoms with E-state index in [1.807, 2.05) is 30.3 Å². The monoisotopic (exact) mass is 665 g/mol. The van der Waals surface area contributed by atoms with Gasteiger partial charge in [-0.2, -0.15) is 0 Å². The maximum Gasteiger partial charge on any atom is 0.272 e. The minimum atomic E-state index is -0.601. The molecule has 10 heteroatoms. The van der Waals surface area contributed by atoms with Gasteiger partial charge in [0.25, 0.3) is 11.8 Å². The fourth-order valence-electron chi connectivity index (χ4n) is 4.47. The van der Waals surface area contributed by atoms with Crippen molar-refractivity contribution in [1.82, 2.24) is 5.32 Å². The molecule has 0 saturated carbocycles. The van der Waals surface area contributed by atoms with E-state index in [1.165, 1.54) is 49.2 Å². The van der Waals surface area contributed by atoms with Gasteiger partial charge >= 0.3 is 0 Å². The minimum Gasteiger partial charge on any atom is -0.495 e. The number of carbonyl (C=O) groups excluding carboxylic acids is 3. The average Bonchev–Trinajstić information content (AvgIpc) is 3.09. The van der Waals surface area contributed by atoms with Gasteiger partial charge in [0, 0.05) is 21.8 Å². The van der Waals surface area contributed by atoms with Crippen molar-refractivity contribution in [2.75, 3.05) is 17.7 Å². The highest BCUT2D eigenvalue weighted by molar-refractivity contribution is 8.00. The Kier molecular flexibility index (Phi) is 11.1. The molecule has 1 atom stereocenters. The summed E-state index contributed by atoms with van der Waals surface area (Å²) in [5.74, 6) is -1.20.